The molecule has 2 rings (SSSR count). The number of amides is 13. The van der Waals surface area contributed by atoms with Crippen LogP contribution in [0.15, 0.2) is 24.3 Å². The van der Waals surface area contributed by atoms with Crippen LogP contribution in [0.4, 0.5) is 0 Å². The highest BCUT2D eigenvalue weighted by Gasteiger charge is 2.35. The van der Waals surface area contributed by atoms with Gasteiger partial charge in [-0.15, -0.1) is 11.8 Å². The van der Waals surface area contributed by atoms with Gasteiger partial charge in [0.1, 0.15) is 42.0 Å². The van der Waals surface area contributed by atoms with Gasteiger partial charge in [0, 0.05) is 50.3 Å². The van der Waals surface area contributed by atoms with Crippen LogP contribution in [0.1, 0.15) is 142 Å². The number of nitrogens with one attached hydrogen (secondary N) is 10. The lowest BCUT2D eigenvalue weighted by Crippen LogP contribution is -2.61. The number of aromatic hydroxyl groups is 1. The van der Waals surface area contributed by atoms with E-state index in [4.69, 9.17) is 26.7 Å². The number of hydrogen-bond donors (Lipinski definition) is 14. The van der Waals surface area contributed by atoms with E-state index in [1.165, 1.54) is 63.5 Å². The first kappa shape index (κ1) is 79.8. The molecule has 0 aromatic heterocycles. The molecule has 31 heteroatoms. The molecule has 1 aromatic rings. The summed E-state index contributed by atoms with van der Waals surface area (Å²) < 4.78 is 11.0. The quantitative estimate of drug-likeness (QED) is 0.0349. The van der Waals surface area contributed by atoms with Crippen molar-refractivity contribution in [3.8, 4) is 5.75 Å². The van der Waals surface area contributed by atoms with E-state index in [0.29, 0.717) is 31.6 Å². The summed E-state index contributed by atoms with van der Waals surface area (Å²) in [6.07, 6.45) is 12.4. The van der Waals surface area contributed by atoms with Crippen LogP contribution in [0.25, 0.3) is 0 Å². The van der Waals surface area contributed by atoms with Gasteiger partial charge in [0.25, 0.3) is 0 Å². The minimum absolute atomic E-state index is 0.00138. The lowest BCUT2D eigenvalue weighted by molar-refractivity contribution is -0.136. The molecule has 1 heterocycles. The summed E-state index contributed by atoms with van der Waals surface area (Å²) in [4.78, 5) is 171. The molecule has 1 saturated heterocycles. The van der Waals surface area contributed by atoms with Gasteiger partial charge >= 0.3 is 0 Å². The van der Waals surface area contributed by atoms with Crippen LogP contribution in [-0.4, -0.2) is 194 Å². The summed E-state index contributed by atoms with van der Waals surface area (Å²) >= 11 is 2.05. The summed E-state index contributed by atoms with van der Waals surface area (Å²) in [7, 11) is 0. The third kappa shape index (κ3) is 37.6. The first-order chi connectivity index (χ1) is 43.5. The highest BCUT2D eigenvalue weighted by Crippen LogP contribution is 2.16. The lowest BCUT2D eigenvalue weighted by Gasteiger charge is -2.29. The van der Waals surface area contributed by atoms with Crippen LogP contribution >= 0.6 is 23.5 Å². The Labute approximate surface area is 541 Å². The zero-order chi connectivity index (χ0) is 67.3. The Kier molecular flexibility index (Phi) is 41.8. The normalized spacial score (nSPS) is 18.5. The van der Waals surface area contributed by atoms with Crippen molar-refractivity contribution in [3.63, 3.8) is 0 Å². The molecule has 1 aliphatic heterocycles. The number of rotatable bonds is 41. The number of hydrogen-bond acceptors (Lipinski definition) is 18. The van der Waals surface area contributed by atoms with Gasteiger partial charge in [-0.2, -0.15) is 11.8 Å². The van der Waals surface area contributed by atoms with Gasteiger partial charge in [-0.3, -0.25) is 62.3 Å². The van der Waals surface area contributed by atoms with Crippen molar-refractivity contribution in [2.24, 2.45) is 23.1 Å². The molecule has 1 fully saturated rings. The fraction of sp³-hybridized carbons (Fsp3) is 0.683. The van der Waals surface area contributed by atoms with E-state index in [2.05, 4.69) is 60.1 Å². The first-order valence-electron chi connectivity index (χ1n) is 31.4. The van der Waals surface area contributed by atoms with E-state index in [0.717, 1.165) is 42.8 Å². The number of carbonyl (C=O) groups excluding carboxylic acids is 13. The SMILES string of the molecule is CCCCCCCCCCCCCC(=O)NCCOCCOCCNC(=O)CSC[C@H](NC(=O)CNC(=O)[C@@H]1CSCCCC(=O)N[C@@H](Cc2ccc(O)cc2)C(=O)N[C@@H]([C@@H](C)CC)C(=O)N[C@@H](CCC(N)=O)C(=O)N[C@@H](CC(N)=O)C(=O)N1)C(=O)NCC(N)=O. The van der Waals surface area contributed by atoms with Crippen LogP contribution in [0, 0.1) is 5.92 Å². The molecule has 0 radical (unpaired) electrons. The second-order valence-corrected chi connectivity index (χ2v) is 24.3. The fourth-order valence-electron chi connectivity index (χ4n) is 9.01. The Morgan fingerprint density at radius 2 is 1.23 bits per heavy atom. The molecule has 512 valence electrons. The predicted octanol–water partition coefficient (Wildman–Crippen LogP) is -1.02. The number of phenols is 1. The van der Waals surface area contributed by atoms with Gasteiger partial charge in [-0.05, 0) is 48.6 Å². The molecular formula is C60H99N13O16S2. The highest BCUT2D eigenvalue weighted by atomic mass is 32.2. The molecule has 0 unspecified atom stereocenters. The molecule has 29 nitrogen and oxygen atoms in total. The van der Waals surface area contributed by atoms with Crippen molar-refractivity contribution in [3.05, 3.63) is 29.8 Å². The molecule has 1 aromatic carbocycles. The maximum atomic E-state index is 14.1. The molecular weight excluding hydrogens is 1220 g/mol. The summed E-state index contributed by atoms with van der Waals surface area (Å²) in [5, 5.41) is 35.2. The van der Waals surface area contributed by atoms with Crippen LogP contribution in [-0.2, 0) is 78.2 Å². The molecule has 91 heavy (non-hydrogen) atoms. The van der Waals surface area contributed by atoms with E-state index < -0.39 is 145 Å². The maximum absolute atomic E-state index is 14.1. The van der Waals surface area contributed by atoms with Gasteiger partial charge in [-0.25, -0.2) is 0 Å². The number of thioether (sulfide) groups is 2. The molecule has 0 bridgehead atoms. The summed E-state index contributed by atoms with van der Waals surface area (Å²) in [5.41, 5.74) is 16.7. The van der Waals surface area contributed by atoms with Crippen molar-refractivity contribution in [1.29, 1.82) is 0 Å². The van der Waals surface area contributed by atoms with Crippen molar-refractivity contribution >= 4 is 100 Å². The van der Waals surface area contributed by atoms with Crippen molar-refractivity contribution in [1.82, 2.24) is 53.2 Å². The van der Waals surface area contributed by atoms with E-state index in [-0.39, 0.29) is 80.3 Å². The Morgan fingerprint density at radius 3 is 1.84 bits per heavy atom. The van der Waals surface area contributed by atoms with E-state index in [1.54, 1.807) is 26.0 Å². The average molecular weight is 1320 g/mol. The first-order valence-corrected chi connectivity index (χ1v) is 33.7. The molecule has 0 saturated carbocycles. The van der Waals surface area contributed by atoms with Crippen LogP contribution in [0.2, 0.25) is 0 Å². The predicted molar refractivity (Wildman–Crippen MR) is 343 cm³/mol. The maximum Gasteiger partial charge on any atom is 0.243 e. The van der Waals surface area contributed by atoms with E-state index >= 15 is 0 Å². The smallest absolute Gasteiger partial charge is 0.243 e. The van der Waals surface area contributed by atoms with Crippen molar-refractivity contribution < 1.29 is 76.9 Å². The number of phenolic OH excluding ortho intramolecular Hbond substituents is 1. The molecule has 17 N–H and O–H groups in total. The zero-order valence-corrected chi connectivity index (χ0v) is 54.5. The van der Waals surface area contributed by atoms with Gasteiger partial charge < -0.3 is 84.9 Å². The monoisotopic (exact) mass is 1320 g/mol. The standard InChI is InChI=1S/C60H99N13O16S2/c1-4-6-7-8-9-10-11-12-13-14-15-17-50(78)64-25-27-88-29-30-89-28-26-65-53(81)38-91-37-45(55(82)66-34-49(63)77)69-52(80)35-67-56(83)46-36-90-31-16-18-51(79)68-43(32-40-19-21-41(74)22-20-40)59(86)73-54(39(3)5-2)60(87)70-42(23-24-47(61)75)57(84)71-44(33-48(62)76)58(85)72-46/h19-22,39,42-46,54,74H,4-18,23-38H2,1-3H3,(H2,61,75)(H2,62,76)(H2,63,77)(H,64,78)(H,65,81)(H,66,82)(H,67,83)(H,68,79)(H,69,80)(H,70,87)(H,71,84)(H,72,85)(H,73,86)/t39-,42-,43-,44-,45-,46-,54-/m0/s1. The Morgan fingerprint density at radius 1 is 0.637 bits per heavy atom. The Hall–Kier alpha value is -7.25. The minimum Gasteiger partial charge on any atom is -0.508 e. The molecule has 1 aliphatic rings. The summed E-state index contributed by atoms with van der Waals surface area (Å²) in [5.74, 6) is -11.4. The van der Waals surface area contributed by atoms with E-state index in [1.807, 2.05) is 0 Å². The topological polar surface area (TPSA) is 459 Å². The number of nitrogens with two attached hydrogens (primary N) is 3. The summed E-state index contributed by atoms with van der Waals surface area (Å²) in [6, 6.07) is -2.94. The highest BCUT2D eigenvalue weighted by molar-refractivity contribution is 8.00. The number of unbranched alkanes of at least 4 members (excludes halogenated alkanes) is 10. The number of primary amides is 3. The van der Waals surface area contributed by atoms with Gasteiger partial charge in [0.15, 0.2) is 0 Å². The van der Waals surface area contributed by atoms with Crippen LogP contribution < -0.4 is 70.4 Å². The third-order valence-electron chi connectivity index (χ3n) is 14.3. The number of ether oxygens (including phenoxy) is 2. The van der Waals surface area contributed by atoms with Gasteiger partial charge in [-0.1, -0.05) is 104 Å². The van der Waals surface area contributed by atoms with Gasteiger partial charge in [0.2, 0.25) is 76.8 Å². The fourth-order valence-corrected chi connectivity index (χ4v) is 10.9. The van der Waals surface area contributed by atoms with Crippen LogP contribution in [0.5, 0.6) is 5.75 Å². The van der Waals surface area contributed by atoms with Crippen molar-refractivity contribution in [2.45, 2.75) is 179 Å². The molecule has 0 spiro atoms. The molecule has 7 atom stereocenters. The Balaban J connectivity index is 2.07. The van der Waals surface area contributed by atoms with Crippen LogP contribution in [0.3, 0.4) is 0 Å². The summed E-state index contributed by atoms with van der Waals surface area (Å²) in [6.45, 7) is 5.76. The Bertz CT molecular complexity index is 2480. The third-order valence-corrected chi connectivity index (χ3v) is 16.5. The largest absolute Gasteiger partial charge is 0.508 e. The zero-order valence-electron chi connectivity index (χ0n) is 52.9. The second-order valence-electron chi connectivity index (χ2n) is 22.1. The minimum atomic E-state index is -1.79. The second kappa shape index (κ2) is 47.6. The van der Waals surface area contributed by atoms with Crippen molar-refractivity contribution in [2.75, 3.05) is 75.6 Å². The lowest BCUT2D eigenvalue weighted by atomic mass is 9.96. The number of benzene rings is 1. The molecule has 0 aliphatic carbocycles. The van der Waals surface area contributed by atoms with E-state index in [9.17, 15) is 67.4 Å². The average Bonchev–Trinajstić information content (AvgIpc) is 1.20. The van der Waals surface area contributed by atoms with Gasteiger partial charge in [0.05, 0.1) is 51.7 Å². The number of carbonyl (C=O) groups is 13. The molecule has 13 amide bonds.